The molecule has 0 spiro atoms. The van der Waals surface area contributed by atoms with Crippen LogP contribution in [0.15, 0.2) is 42.7 Å². The molecule has 0 fully saturated rings. The summed E-state index contributed by atoms with van der Waals surface area (Å²) in [4.78, 5) is 10.5. The molecular weight excluding hydrogens is 302 g/mol. The third kappa shape index (κ3) is 2.68. The Balaban J connectivity index is 1.68. The first-order valence-electron chi connectivity index (χ1n) is 7.97. The molecule has 3 aromatic rings. The van der Waals surface area contributed by atoms with Crippen molar-refractivity contribution in [1.82, 2.24) is 24.7 Å². The average Bonchev–Trinajstić information content (AvgIpc) is 2.97. The molecular formula is C17H19N7. The fraction of sp³-hybridized carbons (Fsp3) is 0.294. The molecule has 2 N–H and O–H groups in total. The van der Waals surface area contributed by atoms with Crippen LogP contribution in [-0.2, 0) is 13.0 Å². The Morgan fingerprint density at radius 3 is 2.79 bits per heavy atom. The molecule has 1 atom stereocenters. The molecule has 3 heterocycles. The van der Waals surface area contributed by atoms with Crippen molar-refractivity contribution < 1.29 is 0 Å². The molecule has 1 aliphatic heterocycles. The van der Waals surface area contributed by atoms with Gasteiger partial charge in [-0.1, -0.05) is 30.3 Å². The van der Waals surface area contributed by atoms with Crippen molar-refractivity contribution in [1.29, 1.82) is 0 Å². The van der Waals surface area contributed by atoms with Gasteiger partial charge in [0, 0.05) is 12.6 Å². The summed E-state index contributed by atoms with van der Waals surface area (Å²) in [6, 6.07) is 12.5. The highest BCUT2D eigenvalue weighted by molar-refractivity contribution is 5.46. The summed E-state index contributed by atoms with van der Waals surface area (Å²) in [5.74, 6) is 3.21. The monoisotopic (exact) mass is 321 g/mol. The van der Waals surface area contributed by atoms with Crippen molar-refractivity contribution in [2.75, 3.05) is 17.2 Å². The second-order valence-corrected chi connectivity index (χ2v) is 6.06. The number of aryl methyl sites for hydroxylation is 1. The van der Waals surface area contributed by atoms with Gasteiger partial charge in [-0.25, -0.2) is 9.97 Å². The van der Waals surface area contributed by atoms with Gasteiger partial charge in [-0.2, -0.15) is 0 Å². The van der Waals surface area contributed by atoms with Crippen LogP contribution < -0.4 is 10.6 Å². The van der Waals surface area contributed by atoms with Crippen molar-refractivity contribution in [2.24, 2.45) is 0 Å². The van der Waals surface area contributed by atoms with Gasteiger partial charge in [-0.05, 0) is 18.9 Å². The number of nitrogen functional groups attached to an aromatic ring is 1. The molecule has 2 aromatic heterocycles. The van der Waals surface area contributed by atoms with E-state index in [1.165, 1.54) is 11.9 Å². The molecule has 7 heteroatoms. The molecule has 4 rings (SSSR count). The highest BCUT2D eigenvalue weighted by atomic mass is 15.4. The van der Waals surface area contributed by atoms with Crippen LogP contribution in [-0.4, -0.2) is 31.3 Å². The fourth-order valence-electron chi connectivity index (χ4n) is 3.32. The Bertz CT molecular complexity index is 843. The number of anilines is 2. The van der Waals surface area contributed by atoms with E-state index in [1.54, 1.807) is 6.07 Å². The zero-order valence-corrected chi connectivity index (χ0v) is 13.5. The van der Waals surface area contributed by atoms with Crippen LogP contribution in [0.5, 0.6) is 0 Å². The summed E-state index contributed by atoms with van der Waals surface area (Å²) in [5, 5.41) is 8.61. The first-order valence-corrected chi connectivity index (χ1v) is 7.97. The van der Waals surface area contributed by atoms with Gasteiger partial charge in [-0.15, -0.1) is 10.2 Å². The highest BCUT2D eigenvalue weighted by Crippen LogP contribution is 2.28. The summed E-state index contributed by atoms with van der Waals surface area (Å²) in [7, 11) is 0. The minimum Gasteiger partial charge on any atom is -0.384 e. The van der Waals surface area contributed by atoms with Crippen LogP contribution in [0.1, 0.15) is 23.3 Å². The van der Waals surface area contributed by atoms with E-state index in [0.717, 1.165) is 30.4 Å². The van der Waals surface area contributed by atoms with Gasteiger partial charge in [-0.3, -0.25) is 0 Å². The number of hydrogen-bond acceptors (Lipinski definition) is 6. The van der Waals surface area contributed by atoms with Gasteiger partial charge in [0.1, 0.15) is 23.8 Å². The second-order valence-electron chi connectivity index (χ2n) is 6.06. The molecule has 1 aromatic carbocycles. The van der Waals surface area contributed by atoms with E-state index in [0.29, 0.717) is 12.4 Å². The van der Waals surface area contributed by atoms with Gasteiger partial charge in [0.15, 0.2) is 5.82 Å². The SMILES string of the molecule is Cc1nnc2n1[C@H](Cc1ccccc1)CN(c1cc(N)ncn1)C2. The maximum absolute atomic E-state index is 5.81. The lowest BCUT2D eigenvalue weighted by atomic mass is 10.0. The number of benzene rings is 1. The highest BCUT2D eigenvalue weighted by Gasteiger charge is 2.29. The second kappa shape index (κ2) is 5.92. The largest absolute Gasteiger partial charge is 0.384 e. The van der Waals surface area contributed by atoms with Crippen molar-refractivity contribution in [3.63, 3.8) is 0 Å². The van der Waals surface area contributed by atoms with Gasteiger partial charge in [0.25, 0.3) is 0 Å². The maximum Gasteiger partial charge on any atom is 0.152 e. The van der Waals surface area contributed by atoms with Crippen LogP contribution in [0.3, 0.4) is 0 Å². The first kappa shape index (κ1) is 14.6. The number of rotatable bonds is 3. The van der Waals surface area contributed by atoms with Crippen LogP contribution in [0.2, 0.25) is 0 Å². The standard InChI is InChI=1S/C17H19N7/c1-12-21-22-17-10-23(16-8-15(18)19-11-20-16)9-14(24(12)17)7-13-5-3-2-4-6-13/h2-6,8,11,14H,7,9-10H2,1H3,(H2,18,19,20)/t14-/m1/s1. The van der Waals surface area contributed by atoms with E-state index in [1.807, 2.05) is 13.0 Å². The minimum atomic E-state index is 0.252. The lowest BCUT2D eigenvalue weighted by molar-refractivity contribution is 0.421. The number of hydrogen-bond donors (Lipinski definition) is 1. The molecule has 0 radical (unpaired) electrons. The average molecular weight is 321 g/mol. The molecule has 0 amide bonds. The Hall–Kier alpha value is -2.96. The summed E-state index contributed by atoms with van der Waals surface area (Å²) in [6.45, 7) is 3.51. The minimum absolute atomic E-state index is 0.252. The van der Waals surface area contributed by atoms with Gasteiger partial charge in [0.05, 0.1) is 12.6 Å². The number of nitrogens with zero attached hydrogens (tertiary/aromatic N) is 6. The van der Waals surface area contributed by atoms with Gasteiger partial charge >= 0.3 is 0 Å². The number of aromatic nitrogens is 5. The van der Waals surface area contributed by atoms with Crippen LogP contribution in [0.25, 0.3) is 0 Å². The van der Waals surface area contributed by atoms with Crippen molar-refractivity contribution in [3.05, 3.63) is 59.9 Å². The van der Waals surface area contributed by atoms with Crippen molar-refractivity contribution in [2.45, 2.75) is 25.9 Å². The van der Waals surface area contributed by atoms with Crippen LogP contribution in [0.4, 0.5) is 11.6 Å². The summed E-state index contributed by atoms with van der Waals surface area (Å²) in [6.07, 6.45) is 2.42. The maximum atomic E-state index is 5.81. The molecule has 0 saturated carbocycles. The third-order valence-corrected chi connectivity index (χ3v) is 4.38. The molecule has 7 nitrogen and oxygen atoms in total. The molecule has 0 bridgehead atoms. The topological polar surface area (TPSA) is 85.8 Å². The Kier molecular flexibility index (Phi) is 3.60. The van der Waals surface area contributed by atoms with E-state index >= 15 is 0 Å². The summed E-state index contributed by atoms with van der Waals surface area (Å²) < 4.78 is 2.24. The van der Waals surface area contributed by atoms with Crippen LogP contribution in [0, 0.1) is 6.92 Å². The summed E-state index contributed by atoms with van der Waals surface area (Å²) in [5.41, 5.74) is 7.11. The lowest BCUT2D eigenvalue weighted by Crippen LogP contribution is -2.39. The van der Waals surface area contributed by atoms with Gasteiger partial charge < -0.3 is 15.2 Å². The molecule has 0 unspecified atom stereocenters. The van der Waals surface area contributed by atoms with E-state index < -0.39 is 0 Å². The Labute approximate surface area is 140 Å². The van der Waals surface area contributed by atoms with E-state index in [-0.39, 0.29) is 6.04 Å². The lowest BCUT2D eigenvalue weighted by Gasteiger charge is -2.35. The quantitative estimate of drug-likeness (QED) is 0.791. The van der Waals surface area contributed by atoms with Gasteiger partial charge in [0.2, 0.25) is 0 Å². The zero-order chi connectivity index (χ0) is 16.5. The third-order valence-electron chi connectivity index (χ3n) is 4.38. The Morgan fingerprint density at radius 1 is 1.17 bits per heavy atom. The first-order chi connectivity index (χ1) is 11.7. The predicted molar refractivity (Wildman–Crippen MR) is 91.4 cm³/mol. The van der Waals surface area contributed by atoms with Crippen LogP contribution >= 0.6 is 0 Å². The number of nitrogens with two attached hydrogens (primary N) is 1. The van der Waals surface area contributed by atoms with E-state index in [2.05, 4.69) is 53.9 Å². The molecule has 24 heavy (non-hydrogen) atoms. The summed E-state index contributed by atoms with van der Waals surface area (Å²) >= 11 is 0. The molecule has 0 saturated heterocycles. The Morgan fingerprint density at radius 2 is 2.00 bits per heavy atom. The van der Waals surface area contributed by atoms with E-state index in [9.17, 15) is 0 Å². The zero-order valence-electron chi connectivity index (χ0n) is 13.5. The molecule has 1 aliphatic rings. The normalized spacial score (nSPS) is 16.9. The predicted octanol–water partition coefficient (Wildman–Crippen LogP) is 1.76. The molecule has 122 valence electrons. The van der Waals surface area contributed by atoms with Crippen molar-refractivity contribution in [3.8, 4) is 0 Å². The van der Waals surface area contributed by atoms with E-state index in [4.69, 9.17) is 5.73 Å². The smallest absolute Gasteiger partial charge is 0.152 e. The number of fused-ring (bicyclic) bond motifs is 1. The fourth-order valence-corrected chi connectivity index (χ4v) is 3.32. The molecule has 0 aliphatic carbocycles. The van der Waals surface area contributed by atoms with Crippen molar-refractivity contribution >= 4 is 11.6 Å².